The number of aromatic nitrogens is 2. The lowest BCUT2D eigenvalue weighted by Gasteiger charge is -2.22. The highest BCUT2D eigenvalue weighted by atomic mass is 16.5. The molecule has 3 N–H and O–H groups in total. The third-order valence-corrected chi connectivity index (χ3v) is 8.46. The fourth-order valence-corrected chi connectivity index (χ4v) is 5.76. The van der Waals surface area contributed by atoms with Crippen LogP contribution in [0.1, 0.15) is 103 Å². The van der Waals surface area contributed by atoms with Crippen molar-refractivity contribution in [2.75, 3.05) is 45.8 Å². The number of hydrogen-bond acceptors (Lipinski definition) is 9. The van der Waals surface area contributed by atoms with Gasteiger partial charge >= 0.3 is 5.97 Å². The van der Waals surface area contributed by atoms with Crippen molar-refractivity contribution in [3.8, 4) is 23.0 Å². The molecule has 48 heavy (non-hydrogen) atoms. The van der Waals surface area contributed by atoms with Gasteiger partial charge in [0.1, 0.15) is 12.1 Å². The number of carboxylic acids is 1. The highest BCUT2D eigenvalue weighted by molar-refractivity contribution is 5.94. The van der Waals surface area contributed by atoms with Gasteiger partial charge in [-0.25, -0.2) is 14.8 Å². The summed E-state index contributed by atoms with van der Waals surface area (Å²) in [6.45, 7) is 8.32. The highest BCUT2D eigenvalue weighted by Gasteiger charge is 2.15. The summed E-state index contributed by atoms with van der Waals surface area (Å²) in [5.74, 6) is 0.656. The SMILES string of the molecule is CCCCCCCCN(CCCCCCCC)CCCOc1cc2c(Nc3cc(O)c(OC)cc3/C=C/C(=O)O)ncnc2cc1OC. The van der Waals surface area contributed by atoms with Crippen molar-refractivity contribution in [2.24, 2.45) is 0 Å². The van der Waals surface area contributed by atoms with Gasteiger partial charge in [-0.15, -0.1) is 0 Å². The molecule has 10 nitrogen and oxygen atoms in total. The number of aromatic hydroxyl groups is 1. The van der Waals surface area contributed by atoms with Crippen molar-refractivity contribution < 1.29 is 29.2 Å². The van der Waals surface area contributed by atoms with Gasteiger partial charge < -0.3 is 34.6 Å². The molecule has 0 aliphatic heterocycles. The average Bonchev–Trinajstić information content (AvgIpc) is 3.08. The number of benzene rings is 2. The molecule has 3 aromatic rings. The molecule has 10 heteroatoms. The van der Waals surface area contributed by atoms with E-state index in [2.05, 4.69) is 34.0 Å². The zero-order valence-corrected chi connectivity index (χ0v) is 29.4. The molecule has 0 aliphatic rings. The molecule has 3 rings (SSSR count). The fourth-order valence-electron chi connectivity index (χ4n) is 5.76. The van der Waals surface area contributed by atoms with Gasteiger partial charge in [-0.1, -0.05) is 78.1 Å². The first kappa shape index (κ1) is 38.4. The number of ether oxygens (including phenoxy) is 3. The number of nitrogens with one attached hydrogen (secondary N) is 1. The molecule has 0 radical (unpaired) electrons. The zero-order valence-electron chi connectivity index (χ0n) is 29.4. The minimum atomic E-state index is -1.10. The summed E-state index contributed by atoms with van der Waals surface area (Å²) in [7, 11) is 3.04. The molecule has 0 fully saturated rings. The summed E-state index contributed by atoms with van der Waals surface area (Å²) in [4.78, 5) is 22.7. The Morgan fingerprint density at radius 1 is 0.792 bits per heavy atom. The second-order valence-corrected chi connectivity index (χ2v) is 12.2. The standard InChI is InChI=1S/C38H56N4O6/c1-5-7-9-11-13-15-20-42(21-16-14-12-10-8-6-2)22-17-23-48-36-25-30-32(27-35(36)47-4)39-28-40-38(30)41-31-26-33(43)34(46-3)24-29(31)18-19-37(44)45/h18-19,24-28,43H,5-17,20-23H2,1-4H3,(H,44,45)(H,39,40,41)/b19-18+. The van der Waals surface area contributed by atoms with Crippen molar-refractivity contribution in [3.63, 3.8) is 0 Å². The first-order valence-corrected chi connectivity index (χ1v) is 17.7. The summed E-state index contributed by atoms with van der Waals surface area (Å²) < 4.78 is 17.2. The Hall–Kier alpha value is -4.05. The third-order valence-electron chi connectivity index (χ3n) is 8.46. The Morgan fingerprint density at radius 2 is 1.42 bits per heavy atom. The number of carbonyl (C=O) groups is 1. The van der Waals surface area contributed by atoms with Crippen LogP contribution in [0.3, 0.4) is 0 Å². The van der Waals surface area contributed by atoms with Crippen molar-refractivity contribution in [1.82, 2.24) is 14.9 Å². The van der Waals surface area contributed by atoms with Gasteiger partial charge in [0, 0.05) is 35.7 Å². The van der Waals surface area contributed by atoms with E-state index in [4.69, 9.17) is 14.2 Å². The number of rotatable bonds is 25. The molecule has 1 aromatic heterocycles. The molecule has 0 unspecified atom stereocenters. The van der Waals surface area contributed by atoms with Crippen LogP contribution >= 0.6 is 0 Å². The maximum Gasteiger partial charge on any atom is 0.328 e. The Morgan fingerprint density at radius 3 is 2.04 bits per heavy atom. The maximum absolute atomic E-state index is 11.2. The number of aliphatic carboxylic acids is 1. The van der Waals surface area contributed by atoms with E-state index >= 15 is 0 Å². The van der Waals surface area contributed by atoms with Crippen molar-refractivity contribution in [3.05, 3.63) is 42.2 Å². The molecule has 1 heterocycles. The zero-order chi connectivity index (χ0) is 34.6. The Balaban J connectivity index is 1.71. The number of fused-ring (bicyclic) bond motifs is 1. The van der Waals surface area contributed by atoms with Gasteiger partial charge in [0.2, 0.25) is 0 Å². The largest absolute Gasteiger partial charge is 0.504 e. The number of phenolic OH excluding ortho intramolecular Hbond substituents is 1. The molecule has 0 amide bonds. The molecule has 0 saturated heterocycles. The molecule has 0 aliphatic carbocycles. The number of carboxylic acid groups (broad SMARTS) is 1. The van der Waals surface area contributed by atoms with E-state index in [-0.39, 0.29) is 11.5 Å². The van der Waals surface area contributed by atoms with Crippen molar-refractivity contribution in [1.29, 1.82) is 0 Å². The minimum Gasteiger partial charge on any atom is -0.504 e. The van der Waals surface area contributed by atoms with E-state index in [9.17, 15) is 15.0 Å². The lowest BCUT2D eigenvalue weighted by Crippen LogP contribution is -2.28. The van der Waals surface area contributed by atoms with Crippen molar-refractivity contribution in [2.45, 2.75) is 97.3 Å². The predicted octanol–water partition coefficient (Wildman–Crippen LogP) is 8.99. The number of nitrogens with zero attached hydrogens (tertiary/aromatic N) is 3. The Kier molecular flexibility index (Phi) is 17.4. The average molecular weight is 665 g/mol. The van der Waals surface area contributed by atoms with E-state index in [0.29, 0.717) is 46.1 Å². The van der Waals surface area contributed by atoms with Gasteiger partial charge in [-0.05, 0) is 50.6 Å². The quantitative estimate of drug-likeness (QED) is 0.0597. The lowest BCUT2D eigenvalue weighted by molar-refractivity contribution is -0.131. The number of methoxy groups -OCH3 is 2. The summed E-state index contributed by atoms with van der Waals surface area (Å²) in [5.41, 5.74) is 1.58. The monoisotopic (exact) mass is 664 g/mol. The van der Waals surface area contributed by atoms with Crippen LogP contribution in [0, 0.1) is 0 Å². The normalized spacial score (nSPS) is 11.4. The van der Waals surface area contributed by atoms with E-state index in [1.807, 2.05) is 12.1 Å². The van der Waals surface area contributed by atoms with Crippen LogP contribution in [0.2, 0.25) is 0 Å². The first-order chi connectivity index (χ1) is 23.4. The maximum atomic E-state index is 11.2. The van der Waals surface area contributed by atoms with E-state index in [1.165, 1.54) is 103 Å². The van der Waals surface area contributed by atoms with Crippen LogP contribution in [-0.4, -0.2) is 71.5 Å². The highest BCUT2D eigenvalue weighted by Crippen LogP contribution is 2.38. The van der Waals surface area contributed by atoms with Crippen LogP contribution in [-0.2, 0) is 4.79 Å². The topological polar surface area (TPSA) is 126 Å². The number of phenols is 1. The molecule has 264 valence electrons. The number of anilines is 2. The van der Waals surface area contributed by atoms with Gasteiger partial charge in [-0.2, -0.15) is 0 Å². The van der Waals surface area contributed by atoms with Gasteiger partial charge in [0.25, 0.3) is 0 Å². The van der Waals surface area contributed by atoms with Crippen LogP contribution < -0.4 is 19.5 Å². The summed E-state index contributed by atoms with van der Waals surface area (Å²) >= 11 is 0. The molecular weight excluding hydrogens is 608 g/mol. The lowest BCUT2D eigenvalue weighted by atomic mass is 10.1. The molecular formula is C38H56N4O6. The third kappa shape index (κ3) is 12.9. The molecule has 2 aromatic carbocycles. The Bertz CT molecular complexity index is 1410. The smallest absolute Gasteiger partial charge is 0.328 e. The minimum absolute atomic E-state index is 0.0986. The second-order valence-electron chi connectivity index (χ2n) is 12.2. The van der Waals surface area contributed by atoms with Crippen LogP contribution in [0.4, 0.5) is 11.5 Å². The van der Waals surface area contributed by atoms with Gasteiger partial charge in [0.05, 0.1) is 32.0 Å². The number of hydrogen-bond donors (Lipinski definition) is 3. The van der Waals surface area contributed by atoms with Crippen LogP contribution in [0.15, 0.2) is 36.7 Å². The molecule has 0 saturated carbocycles. The first-order valence-electron chi connectivity index (χ1n) is 17.7. The van der Waals surface area contributed by atoms with Crippen LogP contribution in [0.25, 0.3) is 17.0 Å². The van der Waals surface area contributed by atoms with E-state index < -0.39 is 5.97 Å². The summed E-state index contributed by atoms with van der Waals surface area (Å²) in [6.07, 6.45) is 20.4. The van der Waals surface area contributed by atoms with E-state index in [1.54, 1.807) is 13.2 Å². The van der Waals surface area contributed by atoms with Crippen LogP contribution in [0.5, 0.6) is 23.0 Å². The summed E-state index contributed by atoms with van der Waals surface area (Å²) in [6, 6.07) is 6.70. The Labute approximate surface area is 286 Å². The summed E-state index contributed by atoms with van der Waals surface area (Å²) in [5, 5.41) is 23.6. The predicted molar refractivity (Wildman–Crippen MR) is 194 cm³/mol. The van der Waals surface area contributed by atoms with Gasteiger partial charge in [0.15, 0.2) is 23.0 Å². The molecule has 0 spiro atoms. The molecule has 0 atom stereocenters. The van der Waals surface area contributed by atoms with Crippen molar-refractivity contribution >= 4 is 34.5 Å². The fraction of sp³-hybridized carbons (Fsp3) is 0.553. The molecule has 0 bridgehead atoms. The number of unbranched alkanes of at least 4 members (excludes halogenated alkanes) is 10. The van der Waals surface area contributed by atoms with E-state index in [0.717, 1.165) is 32.1 Å². The van der Waals surface area contributed by atoms with Gasteiger partial charge in [-0.3, -0.25) is 0 Å². The second kappa shape index (κ2) is 21.8.